The van der Waals surface area contributed by atoms with Gasteiger partial charge in [0.05, 0.1) is 10.3 Å². The van der Waals surface area contributed by atoms with E-state index >= 15 is 0 Å². The summed E-state index contributed by atoms with van der Waals surface area (Å²) in [6.07, 6.45) is 4.53. The monoisotopic (exact) mass is 386 g/mol. The zero-order chi connectivity index (χ0) is 19.5. The van der Waals surface area contributed by atoms with Gasteiger partial charge in [0.2, 0.25) is 15.9 Å². The summed E-state index contributed by atoms with van der Waals surface area (Å²) in [7, 11) is -3.68. The van der Waals surface area contributed by atoms with Crippen molar-refractivity contribution in [2.45, 2.75) is 49.3 Å². The van der Waals surface area contributed by atoms with E-state index in [0.717, 1.165) is 36.8 Å². The normalized spacial score (nSPS) is 16.2. The Bertz CT molecular complexity index is 915. The van der Waals surface area contributed by atoms with Crippen LogP contribution in [0.4, 0.5) is 0 Å². The first-order valence-electron chi connectivity index (χ1n) is 9.28. The zero-order valence-electron chi connectivity index (χ0n) is 15.6. The van der Waals surface area contributed by atoms with Crippen LogP contribution in [0.25, 0.3) is 0 Å². The number of benzene rings is 2. The van der Waals surface area contributed by atoms with Gasteiger partial charge < -0.3 is 5.32 Å². The maximum atomic E-state index is 13.0. The van der Waals surface area contributed by atoms with Crippen molar-refractivity contribution in [1.29, 1.82) is 0 Å². The Morgan fingerprint density at radius 3 is 2.37 bits per heavy atom. The van der Waals surface area contributed by atoms with Gasteiger partial charge in [0.15, 0.2) is 0 Å². The third-order valence-corrected chi connectivity index (χ3v) is 6.34. The van der Waals surface area contributed by atoms with E-state index in [0.29, 0.717) is 13.0 Å². The fraction of sp³-hybridized carbons (Fsp3) is 0.381. The van der Waals surface area contributed by atoms with Crippen molar-refractivity contribution < 1.29 is 13.2 Å². The van der Waals surface area contributed by atoms with Crippen molar-refractivity contribution >= 4 is 15.9 Å². The molecule has 0 aliphatic heterocycles. The molecule has 0 spiro atoms. The number of carbonyl (C=O) groups is 1. The predicted octanol–water partition coefficient (Wildman–Crippen LogP) is 2.81. The van der Waals surface area contributed by atoms with Crippen LogP contribution in [0.5, 0.6) is 0 Å². The summed E-state index contributed by atoms with van der Waals surface area (Å²) in [5, 5.41) is 8.21. The molecule has 1 amide bonds. The second-order valence-corrected chi connectivity index (χ2v) is 8.91. The first-order valence-corrected chi connectivity index (χ1v) is 10.8. The molecule has 1 aliphatic carbocycles. The summed E-state index contributed by atoms with van der Waals surface area (Å²) in [5.41, 5.74) is 2.80. The standard InChI is InChI=1S/C21H26N2O3S/c1-16-5-4-6-18(15-16)21(12-2-3-13-21)20(24)23-14-11-17-7-9-19(10-8-17)27(22,25)26/h4-10,15H,2-3,11-14H2,1H3,(H,23,24)(H2,22,25,26). The highest BCUT2D eigenvalue weighted by Gasteiger charge is 2.42. The Morgan fingerprint density at radius 2 is 1.78 bits per heavy atom. The molecule has 2 aromatic carbocycles. The first-order chi connectivity index (χ1) is 12.8. The molecular formula is C21H26N2O3S. The van der Waals surface area contributed by atoms with Crippen molar-refractivity contribution in [2.24, 2.45) is 5.14 Å². The molecule has 0 atom stereocenters. The molecule has 1 saturated carbocycles. The molecule has 1 fully saturated rings. The lowest BCUT2D eigenvalue weighted by Crippen LogP contribution is -2.43. The van der Waals surface area contributed by atoms with Crippen LogP contribution in [-0.4, -0.2) is 20.9 Å². The van der Waals surface area contributed by atoms with Crippen molar-refractivity contribution in [3.63, 3.8) is 0 Å². The Kier molecular flexibility index (Phi) is 5.67. The van der Waals surface area contributed by atoms with Gasteiger partial charge in [0.1, 0.15) is 0 Å². The van der Waals surface area contributed by atoms with E-state index in [4.69, 9.17) is 5.14 Å². The molecule has 0 radical (unpaired) electrons. The van der Waals surface area contributed by atoms with Crippen LogP contribution >= 0.6 is 0 Å². The van der Waals surface area contributed by atoms with Crippen LogP contribution in [0.2, 0.25) is 0 Å². The largest absolute Gasteiger partial charge is 0.355 e. The van der Waals surface area contributed by atoms with Gasteiger partial charge in [-0.3, -0.25) is 4.79 Å². The van der Waals surface area contributed by atoms with Gasteiger partial charge in [-0.25, -0.2) is 13.6 Å². The maximum absolute atomic E-state index is 13.0. The molecule has 3 N–H and O–H groups in total. The molecule has 3 rings (SSSR count). The van der Waals surface area contributed by atoms with E-state index in [1.54, 1.807) is 12.1 Å². The lowest BCUT2D eigenvalue weighted by atomic mass is 9.77. The van der Waals surface area contributed by atoms with Crippen LogP contribution in [0.15, 0.2) is 53.4 Å². The molecular weight excluding hydrogens is 360 g/mol. The highest BCUT2D eigenvalue weighted by atomic mass is 32.2. The fourth-order valence-electron chi connectivity index (χ4n) is 3.90. The summed E-state index contributed by atoms with van der Waals surface area (Å²) >= 11 is 0. The third kappa shape index (κ3) is 4.39. The number of sulfonamides is 1. The first kappa shape index (κ1) is 19.6. The molecule has 0 unspecified atom stereocenters. The van der Waals surface area contributed by atoms with Crippen molar-refractivity contribution in [3.05, 3.63) is 65.2 Å². The molecule has 0 heterocycles. The molecule has 1 aliphatic rings. The number of hydrogen-bond acceptors (Lipinski definition) is 3. The average molecular weight is 387 g/mol. The van der Waals surface area contributed by atoms with Crippen LogP contribution in [-0.2, 0) is 26.7 Å². The van der Waals surface area contributed by atoms with E-state index in [1.807, 2.05) is 6.07 Å². The lowest BCUT2D eigenvalue weighted by Gasteiger charge is -2.28. The zero-order valence-corrected chi connectivity index (χ0v) is 16.4. The third-order valence-electron chi connectivity index (χ3n) is 5.41. The molecule has 144 valence electrons. The minimum Gasteiger partial charge on any atom is -0.355 e. The highest BCUT2D eigenvalue weighted by molar-refractivity contribution is 7.89. The highest BCUT2D eigenvalue weighted by Crippen LogP contribution is 2.41. The van der Waals surface area contributed by atoms with Crippen molar-refractivity contribution in [1.82, 2.24) is 5.32 Å². The van der Waals surface area contributed by atoms with Crippen LogP contribution in [0.3, 0.4) is 0 Å². The number of nitrogens with one attached hydrogen (secondary N) is 1. The smallest absolute Gasteiger partial charge is 0.238 e. The summed E-state index contributed by atoms with van der Waals surface area (Å²) in [4.78, 5) is 13.1. The number of rotatable bonds is 6. The predicted molar refractivity (Wildman–Crippen MR) is 106 cm³/mol. The SMILES string of the molecule is Cc1cccc(C2(C(=O)NCCc3ccc(S(N)(=O)=O)cc3)CCCC2)c1. The topological polar surface area (TPSA) is 89.3 Å². The van der Waals surface area contributed by atoms with Gasteiger partial charge >= 0.3 is 0 Å². The van der Waals surface area contributed by atoms with E-state index in [-0.39, 0.29) is 10.8 Å². The maximum Gasteiger partial charge on any atom is 0.238 e. The lowest BCUT2D eigenvalue weighted by molar-refractivity contribution is -0.126. The number of hydrogen-bond donors (Lipinski definition) is 2. The van der Waals surface area contributed by atoms with E-state index in [9.17, 15) is 13.2 Å². The molecule has 0 aromatic heterocycles. The van der Waals surface area contributed by atoms with Crippen LogP contribution in [0.1, 0.15) is 42.4 Å². The van der Waals surface area contributed by atoms with Crippen molar-refractivity contribution in [2.75, 3.05) is 6.54 Å². The van der Waals surface area contributed by atoms with Crippen LogP contribution in [0, 0.1) is 6.92 Å². The Hall–Kier alpha value is -2.18. The Balaban J connectivity index is 1.65. The van der Waals surface area contributed by atoms with Crippen molar-refractivity contribution in [3.8, 4) is 0 Å². The fourth-order valence-corrected chi connectivity index (χ4v) is 4.42. The molecule has 5 nitrogen and oxygen atoms in total. The minimum atomic E-state index is -3.68. The molecule has 0 saturated heterocycles. The molecule has 27 heavy (non-hydrogen) atoms. The second-order valence-electron chi connectivity index (χ2n) is 7.35. The van der Waals surface area contributed by atoms with Gasteiger partial charge in [-0.1, -0.05) is 54.8 Å². The van der Waals surface area contributed by atoms with Gasteiger partial charge in [-0.15, -0.1) is 0 Å². The summed E-state index contributed by atoms with van der Waals surface area (Å²) in [6, 6.07) is 14.7. The Morgan fingerprint density at radius 1 is 1.11 bits per heavy atom. The Labute approximate surface area is 161 Å². The summed E-state index contributed by atoms with van der Waals surface area (Å²) < 4.78 is 22.6. The molecule has 6 heteroatoms. The number of primary sulfonamides is 1. The molecule has 2 aromatic rings. The number of nitrogens with two attached hydrogens (primary N) is 1. The summed E-state index contributed by atoms with van der Waals surface area (Å²) in [5.74, 6) is 0.0896. The number of amides is 1. The molecule has 0 bridgehead atoms. The second kappa shape index (κ2) is 7.82. The number of aryl methyl sites for hydroxylation is 1. The van der Waals surface area contributed by atoms with Gasteiger partial charge in [-0.2, -0.15) is 0 Å². The van der Waals surface area contributed by atoms with Gasteiger partial charge in [0.25, 0.3) is 0 Å². The number of carbonyl (C=O) groups excluding carboxylic acids is 1. The summed E-state index contributed by atoms with van der Waals surface area (Å²) in [6.45, 7) is 2.57. The van der Waals surface area contributed by atoms with E-state index in [2.05, 4.69) is 30.4 Å². The van der Waals surface area contributed by atoms with Gasteiger partial charge in [-0.05, 0) is 49.4 Å². The van der Waals surface area contributed by atoms with Crippen LogP contribution < -0.4 is 10.5 Å². The quantitative estimate of drug-likeness (QED) is 0.800. The minimum absolute atomic E-state index is 0.0896. The van der Waals surface area contributed by atoms with E-state index < -0.39 is 15.4 Å². The van der Waals surface area contributed by atoms with E-state index in [1.165, 1.54) is 17.7 Å². The average Bonchev–Trinajstić information content (AvgIpc) is 3.12. The van der Waals surface area contributed by atoms with Gasteiger partial charge in [0, 0.05) is 6.54 Å².